The van der Waals surface area contributed by atoms with Crippen molar-refractivity contribution in [2.24, 2.45) is 0 Å². The van der Waals surface area contributed by atoms with Crippen molar-refractivity contribution in [1.82, 2.24) is 10.2 Å². The van der Waals surface area contributed by atoms with Gasteiger partial charge in [-0.3, -0.25) is 9.59 Å². The quantitative estimate of drug-likeness (QED) is 0.672. The van der Waals surface area contributed by atoms with Crippen LogP contribution in [0.3, 0.4) is 0 Å². The largest absolute Gasteiger partial charge is 0.347 e. The summed E-state index contributed by atoms with van der Waals surface area (Å²) >= 11 is 7.82. The molecular formula is C21H16ClFN2O2S. The van der Waals surface area contributed by atoms with Gasteiger partial charge >= 0.3 is 0 Å². The van der Waals surface area contributed by atoms with Gasteiger partial charge in [0.15, 0.2) is 0 Å². The predicted octanol–water partition coefficient (Wildman–Crippen LogP) is 4.47. The SMILES string of the molecule is O=C1CCC2(CN(C(=O)c3sc4cc(-c5ccccc5F)ccc4c3Cl)C2)N1. The van der Waals surface area contributed by atoms with Crippen molar-refractivity contribution in [3.8, 4) is 11.1 Å². The fourth-order valence-corrected chi connectivity index (χ4v) is 5.57. The zero-order chi connectivity index (χ0) is 19.5. The number of amides is 2. The maximum Gasteiger partial charge on any atom is 0.265 e. The summed E-state index contributed by atoms with van der Waals surface area (Å²) in [6.07, 6.45) is 1.28. The molecule has 0 unspecified atom stereocenters. The molecule has 2 aliphatic heterocycles. The molecule has 3 aromatic rings. The van der Waals surface area contributed by atoms with Crippen molar-refractivity contribution < 1.29 is 14.0 Å². The molecule has 2 aromatic carbocycles. The van der Waals surface area contributed by atoms with Gasteiger partial charge in [0.05, 0.1) is 10.6 Å². The van der Waals surface area contributed by atoms with Crippen LogP contribution in [0.25, 0.3) is 21.2 Å². The summed E-state index contributed by atoms with van der Waals surface area (Å²) in [7, 11) is 0. The van der Waals surface area contributed by atoms with Gasteiger partial charge in [-0.25, -0.2) is 4.39 Å². The molecule has 7 heteroatoms. The third kappa shape index (κ3) is 2.71. The fourth-order valence-electron chi connectivity index (χ4n) is 4.05. The van der Waals surface area contributed by atoms with Gasteiger partial charge < -0.3 is 10.2 Å². The van der Waals surface area contributed by atoms with Crippen LogP contribution < -0.4 is 5.32 Å². The van der Waals surface area contributed by atoms with Crippen LogP contribution in [0.5, 0.6) is 0 Å². The number of hydrogen-bond donors (Lipinski definition) is 1. The fraction of sp³-hybridized carbons (Fsp3) is 0.238. The Morgan fingerprint density at radius 1 is 1.21 bits per heavy atom. The second-order valence-corrected chi connectivity index (χ2v) is 8.86. The highest BCUT2D eigenvalue weighted by Gasteiger charge is 2.49. The third-order valence-corrected chi connectivity index (χ3v) is 7.16. The van der Waals surface area contributed by atoms with E-state index in [2.05, 4.69) is 5.32 Å². The molecular weight excluding hydrogens is 399 g/mol. The Kier molecular flexibility index (Phi) is 3.96. The summed E-state index contributed by atoms with van der Waals surface area (Å²) in [5.41, 5.74) is 1.01. The zero-order valence-corrected chi connectivity index (χ0v) is 16.4. The second kappa shape index (κ2) is 6.29. The van der Waals surface area contributed by atoms with Crippen molar-refractivity contribution in [2.75, 3.05) is 13.1 Å². The maximum absolute atomic E-state index is 14.1. The number of likely N-dealkylation sites (tertiary alicyclic amines) is 1. The molecule has 3 heterocycles. The highest BCUT2D eigenvalue weighted by Crippen LogP contribution is 2.40. The number of halogens is 2. The lowest BCUT2D eigenvalue weighted by Crippen LogP contribution is -2.68. The average molecular weight is 415 g/mol. The Labute approximate surface area is 169 Å². The molecule has 5 rings (SSSR count). The Hall–Kier alpha value is -2.44. The molecule has 2 aliphatic rings. The summed E-state index contributed by atoms with van der Waals surface area (Å²) in [5.74, 6) is -0.358. The van der Waals surface area contributed by atoms with E-state index in [0.29, 0.717) is 35.0 Å². The summed E-state index contributed by atoms with van der Waals surface area (Å²) in [6.45, 7) is 1.03. The maximum atomic E-state index is 14.1. The molecule has 0 aliphatic carbocycles. The van der Waals surface area contributed by atoms with Crippen molar-refractivity contribution >= 4 is 44.8 Å². The Morgan fingerprint density at radius 3 is 2.71 bits per heavy atom. The highest BCUT2D eigenvalue weighted by molar-refractivity contribution is 7.21. The van der Waals surface area contributed by atoms with Crippen LogP contribution in [0.2, 0.25) is 5.02 Å². The predicted molar refractivity (Wildman–Crippen MR) is 108 cm³/mol. The summed E-state index contributed by atoms with van der Waals surface area (Å²) < 4.78 is 15.0. The van der Waals surface area contributed by atoms with Gasteiger partial charge in [0, 0.05) is 35.2 Å². The van der Waals surface area contributed by atoms with Crippen molar-refractivity contribution in [3.63, 3.8) is 0 Å². The molecule has 4 nitrogen and oxygen atoms in total. The number of hydrogen-bond acceptors (Lipinski definition) is 3. The first-order chi connectivity index (χ1) is 13.5. The molecule has 1 aromatic heterocycles. The van der Waals surface area contributed by atoms with Crippen molar-refractivity contribution in [1.29, 1.82) is 0 Å². The molecule has 142 valence electrons. The normalized spacial score (nSPS) is 17.8. The van der Waals surface area contributed by atoms with E-state index in [0.717, 1.165) is 22.1 Å². The van der Waals surface area contributed by atoms with E-state index in [9.17, 15) is 14.0 Å². The first-order valence-electron chi connectivity index (χ1n) is 9.03. The van der Waals surface area contributed by atoms with E-state index >= 15 is 0 Å². The van der Waals surface area contributed by atoms with Crippen LogP contribution in [0, 0.1) is 5.82 Å². The molecule has 2 fully saturated rings. The van der Waals surface area contributed by atoms with Gasteiger partial charge in [0.25, 0.3) is 5.91 Å². The number of fused-ring (bicyclic) bond motifs is 1. The smallest absolute Gasteiger partial charge is 0.265 e. The Bertz CT molecular complexity index is 1140. The summed E-state index contributed by atoms with van der Waals surface area (Å²) in [6, 6.07) is 12.1. The number of carbonyl (C=O) groups excluding carboxylic acids is 2. The van der Waals surface area contributed by atoms with Gasteiger partial charge in [0.2, 0.25) is 5.91 Å². The lowest BCUT2D eigenvalue weighted by atomic mass is 9.88. The van der Waals surface area contributed by atoms with E-state index in [-0.39, 0.29) is 23.2 Å². The van der Waals surface area contributed by atoms with Crippen molar-refractivity contribution in [3.05, 3.63) is 58.2 Å². The van der Waals surface area contributed by atoms with E-state index in [1.54, 1.807) is 23.1 Å². The van der Waals surface area contributed by atoms with Crippen LogP contribution in [-0.2, 0) is 4.79 Å². The minimum atomic E-state index is -0.287. The van der Waals surface area contributed by atoms with Crippen LogP contribution in [-0.4, -0.2) is 35.3 Å². The van der Waals surface area contributed by atoms with Crippen LogP contribution in [0.4, 0.5) is 4.39 Å². The first kappa shape index (κ1) is 17.6. The second-order valence-electron chi connectivity index (χ2n) is 7.43. The molecule has 1 spiro atoms. The highest BCUT2D eigenvalue weighted by atomic mass is 35.5. The lowest BCUT2D eigenvalue weighted by Gasteiger charge is -2.47. The van der Waals surface area contributed by atoms with Gasteiger partial charge in [-0.05, 0) is 24.1 Å². The van der Waals surface area contributed by atoms with Crippen LogP contribution in [0.1, 0.15) is 22.5 Å². The number of benzene rings is 2. The van der Waals surface area contributed by atoms with E-state index < -0.39 is 0 Å². The molecule has 2 amide bonds. The molecule has 0 atom stereocenters. The molecule has 0 saturated carbocycles. The summed E-state index contributed by atoms with van der Waals surface area (Å²) in [5, 5.41) is 4.20. The van der Waals surface area contributed by atoms with Gasteiger partial charge in [0.1, 0.15) is 10.7 Å². The minimum absolute atomic E-state index is 0.0488. The molecule has 0 bridgehead atoms. The standard InChI is InChI=1S/C21H16ClFN2O2S/c22-18-14-6-5-12(13-3-1-2-4-15(13)23)9-16(14)28-19(18)20(27)25-10-21(11-25)8-7-17(26)24-21/h1-6,9H,7-8,10-11H2,(H,24,26). The average Bonchev–Trinajstić information content (AvgIpc) is 3.21. The molecule has 2 saturated heterocycles. The summed E-state index contributed by atoms with van der Waals surface area (Å²) in [4.78, 5) is 26.6. The van der Waals surface area contributed by atoms with Gasteiger partial charge in [-0.2, -0.15) is 0 Å². The van der Waals surface area contributed by atoms with E-state index in [1.165, 1.54) is 17.4 Å². The number of carbonyl (C=O) groups is 2. The number of nitrogens with one attached hydrogen (secondary N) is 1. The zero-order valence-electron chi connectivity index (χ0n) is 14.8. The molecule has 1 N–H and O–H groups in total. The topological polar surface area (TPSA) is 49.4 Å². The van der Waals surface area contributed by atoms with Crippen LogP contribution in [0.15, 0.2) is 42.5 Å². The van der Waals surface area contributed by atoms with Crippen LogP contribution >= 0.6 is 22.9 Å². The monoisotopic (exact) mass is 414 g/mol. The van der Waals surface area contributed by atoms with E-state index in [1.807, 2.05) is 18.2 Å². The molecule has 28 heavy (non-hydrogen) atoms. The van der Waals surface area contributed by atoms with Gasteiger partial charge in [-0.15, -0.1) is 11.3 Å². The number of nitrogens with zero attached hydrogens (tertiary/aromatic N) is 1. The van der Waals surface area contributed by atoms with Crippen molar-refractivity contribution in [2.45, 2.75) is 18.4 Å². The Balaban J connectivity index is 1.44. The Morgan fingerprint density at radius 2 is 2.00 bits per heavy atom. The lowest BCUT2D eigenvalue weighted by molar-refractivity contribution is -0.120. The minimum Gasteiger partial charge on any atom is -0.347 e. The van der Waals surface area contributed by atoms with Gasteiger partial charge in [-0.1, -0.05) is 41.9 Å². The number of rotatable bonds is 2. The molecule has 0 radical (unpaired) electrons. The first-order valence-corrected chi connectivity index (χ1v) is 10.2. The van der Waals surface area contributed by atoms with E-state index in [4.69, 9.17) is 11.6 Å². The third-order valence-electron chi connectivity index (χ3n) is 5.52. The number of thiophene rings is 1.